The van der Waals surface area contributed by atoms with Crippen LogP contribution >= 0.6 is 0 Å². The molecular weight excluding hydrogens is 212 g/mol. The van der Waals surface area contributed by atoms with Crippen LogP contribution < -0.4 is 5.73 Å². The van der Waals surface area contributed by atoms with Crippen molar-refractivity contribution in [2.24, 2.45) is 5.41 Å². The molecule has 0 saturated heterocycles. The monoisotopic (exact) mass is 226 g/mol. The van der Waals surface area contributed by atoms with Crippen LogP contribution in [0, 0.1) is 16.7 Å². The lowest BCUT2D eigenvalue weighted by Crippen LogP contribution is -2.04. The summed E-state index contributed by atoms with van der Waals surface area (Å²) in [5.41, 5.74) is 8.74. The van der Waals surface area contributed by atoms with E-state index in [1.54, 1.807) is 6.07 Å². The predicted octanol–water partition coefficient (Wildman–Crippen LogP) is 2.46. The van der Waals surface area contributed by atoms with Crippen molar-refractivity contribution in [1.82, 2.24) is 9.55 Å². The van der Waals surface area contributed by atoms with Gasteiger partial charge < -0.3 is 10.3 Å². The van der Waals surface area contributed by atoms with E-state index in [0.717, 1.165) is 17.5 Å². The molecule has 1 atom stereocenters. The van der Waals surface area contributed by atoms with E-state index in [1.165, 1.54) is 0 Å². The molecule has 0 aliphatic heterocycles. The Bertz CT molecular complexity index is 645. The standard InChI is InChI=1S/C13H14N4/c1-13(2)6-11(13)17-10-5-8(7-14)3-4-9(10)16-12(17)15/h3-5,11H,6H2,1-2H3,(H2,15,16). The summed E-state index contributed by atoms with van der Waals surface area (Å²) in [4.78, 5) is 4.35. The van der Waals surface area contributed by atoms with Gasteiger partial charge in [0.1, 0.15) is 0 Å². The summed E-state index contributed by atoms with van der Waals surface area (Å²) in [7, 11) is 0. The second kappa shape index (κ2) is 3.01. The van der Waals surface area contributed by atoms with Crippen molar-refractivity contribution in [3.05, 3.63) is 23.8 Å². The zero-order chi connectivity index (χ0) is 12.2. The highest BCUT2D eigenvalue weighted by Crippen LogP contribution is 2.57. The number of nitriles is 1. The third-order valence-electron chi connectivity index (χ3n) is 3.62. The predicted molar refractivity (Wildman–Crippen MR) is 66.3 cm³/mol. The maximum Gasteiger partial charge on any atom is 0.201 e. The van der Waals surface area contributed by atoms with Gasteiger partial charge >= 0.3 is 0 Å². The Morgan fingerprint density at radius 1 is 1.53 bits per heavy atom. The molecule has 1 saturated carbocycles. The Kier molecular flexibility index (Phi) is 1.80. The second-order valence-electron chi connectivity index (χ2n) is 5.36. The number of nitrogens with zero attached hydrogens (tertiary/aromatic N) is 3. The number of hydrogen-bond donors (Lipinski definition) is 1. The maximum atomic E-state index is 8.94. The molecule has 86 valence electrons. The first-order valence-corrected chi connectivity index (χ1v) is 5.70. The van der Waals surface area contributed by atoms with Gasteiger partial charge in [0.15, 0.2) is 0 Å². The third kappa shape index (κ3) is 1.39. The van der Waals surface area contributed by atoms with Crippen molar-refractivity contribution in [3.8, 4) is 6.07 Å². The van der Waals surface area contributed by atoms with Crippen LogP contribution in [-0.4, -0.2) is 9.55 Å². The van der Waals surface area contributed by atoms with Crippen LogP contribution in [0.3, 0.4) is 0 Å². The van der Waals surface area contributed by atoms with Crippen LogP contribution in [-0.2, 0) is 0 Å². The topological polar surface area (TPSA) is 67.6 Å². The van der Waals surface area contributed by atoms with Gasteiger partial charge in [0, 0.05) is 6.04 Å². The summed E-state index contributed by atoms with van der Waals surface area (Å²) in [6.07, 6.45) is 1.11. The molecular formula is C13H14N4. The summed E-state index contributed by atoms with van der Waals surface area (Å²) >= 11 is 0. The number of hydrogen-bond acceptors (Lipinski definition) is 3. The van der Waals surface area contributed by atoms with Gasteiger partial charge in [0.05, 0.1) is 22.7 Å². The van der Waals surface area contributed by atoms with Gasteiger partial charge in [-0.15, -0.1) is 0 Å². The number of aromatic nitrogens is 2. The molecule has 4 heteroatoms. The highest BCUT2D eigenvalue weighted by Gasteiger charge is 2.48. The van der Waals surface area contributed by atoms with Gasteiger partial charge in [-0.1, -0.05) is 13.8 Å². The van der Waals surface area contributed by atoms with Crippen LogP contribution in [0.2, 0.25) is 0 Å². The number of anilines is 1. The minimum Gasteiger partial charge on any atom is -0.369 e. The van der Waals surface area contributed by atoms with E-state index in [4.69, 9.17) is 11.0 Å². The third-order valence-corrected chi connectivity index (χ3v) is 3.62. The maximum absolute atomic E-state index is 8.94. The van der Waals surface area contributed by atoms with Crippen LogP contribution in [0.4, 0.5) is 5.95 Å². The summed E-state index contributed by atoms with van der Waals surface area (Å²) in [6.45, 7) is 4.44. The zero-order valence-corrected chi connectivity index (χ0v) is 9.94. The summed E-state index contributed by atoms with van der Waals surface area (Å²) in [5.74, 6) is 0.547. The molecule has 1 aliphatic carbocycles. The number of benzene rings is 1. The molecule has 2 aromatic rings. The van der Waals surface area contributed by atoms with Crippen molar-refractivity contribution in [3.63, 3.8) is 0 Å². The fourth-order valence-corrected chi connectivity index (χ4v) is 2.39. The number of fused-ring (bicyclic) bond motifs is 1. The van der Waals surface area contributed by atoms with Crippen molar-refractivity contribution >= 4 is 17.0 Å². The molecule has 4 nitrogen and oxygen atoms in total. The first-order chi connectivity index (χ1) is 8.03. The number of imidazole rings is 1. The van der Waals surface area contributed by atoms with Crippen molar-refractivity contribution in [2.45, 2.75) is 26.3 Å². The Morgan fingerprint density at radius 2 is 2.24 bits per heavy atom. The fraction of sp³-hybridized carbons (Fsp3) is 0.385. The Hall–Kier alpha value is -2.02. The first kappa shape index (κ1) is 10.2. The van der Waals surface area contributed by atoms with Crippen LogP contribution in [0.15, 0.2) is 18.2 Å². The minimum absolute atomic E-state index is 0.282. The quantitative estimate of drug-likeness (QED) is 0.812. The molecule has 0 radical (unpaired) electrons. The Morgan fingerprint density at radius 3 is 2.82 bits per heavy atom. The van der Waals surface area contributed by atoms with E-state index in [1.807, 2.05) is 12.1 Å². The zero-order valence-electron chi connectivity index (χ0n) is 9.94. The molecule has 1 aromatic heterocycles. The van der Waals surface area contributed by atoms with E-state index in [0.29, 0.717) is 17.6 Å². The van der Waals surface area contributed by atoms with Gasteiger partial charge in [0.25, 0.3) is 0 Å². The lowest BCUT2D eigenvalue weighted by molar-refractivity contribution is 0.553. The van der Waals surface area contributed by atoms with Crippen molar-refractivity contribution in [1.29, 1.82) is 5.26 Å². The SMILES string of the molecule is CC1(C)CC1n1c(N)nc2ccc(C#N)cc21. The van der Waals surface area contributed by atoms with E-state index < -0.39 is 0 Å². The number of nitrogens with two attached hydrogens (primary N) is 1. The molecule has 0 bridgehead atoms. The van der Waals surface area contributed by atoms with E-state index in [-0.39, 0.29) is 5.41 Å². The molecule has 0 spiro atoms. The lowest BCUT2D eigenvalue weighted by Gasteiger charge is -2.08. The molecule has 1 unspecified atom stereocenters. The van der Waals surface area contributed by atoms with E-state index >= 15 is 0 Å². The van der Waals surface area contributed by atoms with Crippen LogP contribution in [0.5, 0.6) is 0 Å². The average molecular weight is 226 g/mol. The van der Waals surface area contributed by atoms with Gasteiger partial charge in [-0.05, 0) is 30.0 Å². The minimum atomic E-state index is 0.282. The Labute approximate surface area is 99.7 Å². The van der Waals surface area contributed by atoms with Gasteiger partial charge in [0.2, 0.25) is 5.95 Å². The second-order valence-corrected chi connectivity index (χ2v) is 5.36. The Balaban J connectivity index is 2.23. The normalized spacial score (nSPS) is 21.4. The summed E-state index contributed by atoms with van der Waals surface area (Å²) in [5, 5.41) is 8.94. The molecule has 1 fully saturated rings. The fourth-order valence-electron chi connectivity index (χ4n) is 2.39. The largest absolute Gasteiger partial charge is 0.369 e. The first-order valence-electron chi connectivity index (χ1n) is 5.70. The number of nitrogen functional groups attached to an aromatic ring is 1. The molecule has 3 rings (SSSR count). The molecule has 0 amide bonds. The molecule has 2 N–H and O–H groups in total. The smallest absolute Gasteiger partial charge is 0.201 e. The van der Waals surface area contributed by atoms with Crippen molar-refractivity contribution in [2.75, 3.05) is 5.73 Å². The lowest BCUT2D eigenvalue weighted by atomic mass is 10.2. The average Bonchev–Trinajstić information content (AvgIpc) is 2.77. The van der Waals surface area contributed by atoms with Crippen LogP contribution in [0.25, 0.3) is 11.0 Å². The van der Waals surface area contributed by atoms with Crippen molar-refractivity contribution < 1.29 is 0 Å². The van der Waals surface area contributed by atoms with E-state index in [2.05, 4.69) is 29.5 Å². The van der Waals surface area contributed by atoms with E-state index in [9.17, 15) is 0 Å². The molecule has 1 aromatic carbocycles. The van der Waals surface area contributed by atoms with Gasteiger partial charge in [-0.3, -0.25) is 0 Å². The number of rotatable bonds is 1. The molecule has 1 heterocycles. The summed E-state index contributed by atoms with van der Waals surface area (Å²) in [6, 6.07) is 8.06. The molecule has 17 heavy (non-hydrogen) atoms. The van der Waals surface area contributed by atoms with Gasteiger partial charge in [-0.25, -0.2) is 4.98 Å². The highest BCUT2D eigenvalue weighted by atomic mass is 15.2. The summed E-state index contributed by atoms with van der Waals surface area (Å²) < 4.78 is 2.07. The highest BCUT2D eigenvalue weighted by molar-refractivity contribution is 5.80. The molecule has 1 aliphatic rings. The van der Waals surface area contributed by atoms with Gasteiger partial charge in [-0.2, -0.15) is 5.26 Å². The van der Waals surface area contributed by atoms with Crippen LogP contribution in [0.1, 0.15) is 31.9 Å².